The van der Waals surface area contributed by atoms with Crippen molar-refractivity contribution in [2.45, 2.75) is 6.42 Å². The van der Waals surface area contributed by atoms with E-state index in [9.17, 15) is 4.79 Å². The zero-order chi connectivity index (χ0) is 13.1. The molecule has 2 aromatic rings. The smallest absolute Gasteiger partial charge is 0.167 e. The summed E-state index contributed by atoms with van der Waals surface area (Å²) in [5, 5.41) is 4.07. The highest BCUT2D eigenvalue weighted by molar-refractivity contribution is 5.98. The molecule has 2 rings (SSSR count). The summed E-state index contributed by atoms with van der Waals surface area (Å²) in [5.41, 5.74) is 2.72. The second kappa shape index (κ2) is 5.04. The van der Waals surface area contributed by atoms with Gasteiger partial charge >= 0.3 is 0 Å². The molecule has 94 valence electrons. The molecule has 0 spiro atoms. The van der Waals surface area contributed by atoms with Crippen LogP contribution in [0.5, 0.6) is 0 Å². The molecule has 1 aromatic heterocycles. The monoisotopic (exact) mass is 243 g/mol. The van der Waals surface area contributed by atoms with E-state index in [0.29, 0.717) is 6.42 Å². The Bertz CT molecular complexity index is 558. The van der Waals surface area contributed by atoms with Gasteiger partial charge in [-0.2, -0.15) is 5.10 Å². The first-order valence-electron chi connectivity index (χ1n) is 5.84. The summed E-state index contributed by atoms with van der Waals surface area (Å²) in [5.74, 6) is 0.117. The van der Waals surface area contributed by atoms with Crippen LogP contribution < -0.4 is 4.90 Å². The van der Waals surface area contributed by atoms with Crippen molar-refractivity contribution in [3.8, 4) is 0 Å². The van der Waals surface area contributed by atoms with Crippen LogP contribution in [0.2, 0.25) is 0 Å². The van der Waals surface area contributed by atoms with E-state index < -0.39 is 0 Å². The molecule has 1 heterocycles. The van der Waals surface area contributed by atoms with Crippen molar-refractivity contribution in [2.24, 2.45) is 7.05 Å². The Morgan fingerprint density at radius 3 is 2.78 bits per heavy atom. The number of aromatic nitrogens is 2. The van der Waals surface area contributed by atoms with Gasteiger partial charge in [-0.25, -0.2) is 0 Å². The lowest BCUT2D eigenvalue weighted by Gasteiger charge is -2.13. The molecule has 4 heteroatoms. The summed E-state index contributed by atoms with van der Waals surface area (Å²) in [4.78, 5) is 14.1. The fourth-order valence-corrected chi connectivity index (χ4v) is 1.81. The van der Waals surface area contributed by atoms with E-state index >= 15 is 0 Å². The number of aryl methyl sites for hydroxylation is 1. The topological polar surface area (TPSA) is 38.1 Å². The standard InChI is InChI=1S/C14H17N3O/c1-16(2)13-6-4-5-12(8-13)14(18)7-11-9-15-17(3)10-11/h4-6,8-10H,7H2,1-3H3. The van der Waals surface area contributed by atoms with Crippen molar-refractivity contribution in [3.05, 3.63) is 47.8 Å². The lowest BCUT2D eigenvalue weighted by Crippen LogP contribution is -2.10. The van der Waals surface area contributed by atoms with Crippen molar-refractivity contribution >= 4 is 11.5 Å². The molecule has 0 bridgehead atoms. The Kier molecular flexibility index (Phi) is 3.46. The molecule has 0 saturated carbocycles. The van der Waals surface area contributed by atoms with E-state index in [2.05, 4.69) is 5.10 Å². The van der Waals surface area contributed by atoms with E-state index in [1.807, 2.05) is 56.5 Å². The first-order chi connectivity index (χ1) is 8.56. The molecular formula is C14H17N3O. The van der Waals surface area contributed by atoms with Gasteiger partial charge in [-0.15, -0.1) is 0 Å². The Hall–Kier alpha value is -2.10. The number of carbonyl (C=O) groups is 1. The normalized spacial score (nSPS) is 10.4. The third kappa shape index (κ3) is 2.77. The molecule has 0 aliphatic rings. The minimum absolute atomic E-state index is 0.117. The maximum atomic E-state index is 12.1. The second-order valence-electron chi connectivity index (χ2n) is 4.57. The molecule has 0 N–H and O–H groups in total. The summed E-state index contributed by atoms with van der Waals surface area (Å²) < 4.78 is 1.71. The van der Waals surface area contributed by atoms with E-state index in [1.54, 1.807) is 10.9 Å². The highest BCUT2D eigenvalue weighted by Gasteiger charge is 2.09. The van der Waals surface area contributed by atoms with Crippen LogP contribution in [0.3, 0.4) is 0 Å². The number of ketones is 1. The van der Waals surface area contributed by atoms with Crippen LogP contribution in [-0.4, -0.2) is 29.7 Å². The largest absolute Gasteiger partial charge is 0.378 e. The summed E-state index contributed by atoms with van der Waals surface area (Å²) >= 11 is 0. The minimum atomic E-state index is 0.117. The molecule has 0 aliphatic carbocycles. The van der Waals surface area contributed by atoms with Crippen LogP contribution in [0.15, 0.2) is 36.7 Å². The highest BCUT2D eigenvalue weighted by Crippen LogP contribution is 2.15. The Morgan fingerprint density at radius 1 is 1.39 bits per heavy atom. The van der Waals surface area contributed by atoms with Crippen LogP contribution in [0.1, 0.15) is 15.9 Å². The molecule has 18 heavy (non-hydrogen) atoms. The number of Topliss-reactive ketones (excluding diaryl/α,β-unsaturated/α-hetero) is 1. The predicted octanol–water partition coefficient (Wildman–Crippen LogP) is 1.91. The predicted molar refractivity (Wildman–Crippen MR) is 72.0 cm³/mol. The summed E-state index contributed by atoms with van der Waals surface area (Å²) in [7, 11) is 5.77. The van der Waals surface area contributed by atoms with Crippen molar-refractivity contribution in [1.82, 2.24) is 9.78 Å². The maximum Gasteiger partial charge on any atom is 0.167 e. The zero-order valence-electron chi connectivity index (χ0n) is 10.9. The average molecular weight is 243 g/mol. The summed E-state index contributed by atoms with van der Waals surface area (Å²) in [6.45, 7) is 0. The van der Waals surface area contributed by atoms with Gasteiger partial charge in [-0.3, -0.25) is 9.48 Å². The maximum absolute atomic E-state index is 12.1. The number of carbonyl (C=O) groups excluding carboxylic acids is 1. The number of hydrogen-bond donors (Lipinski definition) is 0. The van der Waals surface area contributed by atoms with Gasteiger partial charge in [-0.1, -0.05) is 12.1 Å². The van der Waals surface area contributed by atoms with Gasteiger partial charge in [0.2, 0.25) is 0 Å². The quantitative estimate of drug-likeness (QED) is 0.770. The summed E-state index contributed by atoms with van der Waals surface area (Å²) in [6.07, 6.45) is 3.99. The number of hydrogen-bond acceptors (Lipinski definition) is 3. The van der Waals surface area contributed by atoms with E-state index in [0.717, 1.165) is 16.8 Å². The van der Waals surface area contributed by atoms with E-state index in [1.165, 1.54) is 0 Å². The fraction of sp³-hybridized carbons (Fsp3) is 0.286. The van der Waals surface area contributed by atoms with Gasteiger partial charge in [0.1, 0.15) is 0 Å². The first-order valence-corrected chi connectivity index (χ1v) is 5.84. The Balaban J connectivity index is 2.16. The van der Waals surface area contributed by atoms with Crippen LogP contribution >= 0.6 is 0 Å². The molecular weight excluding hydrogens is 226 g/mol. The Morgan fingerprint density at radius 2 is 2.17 bits per heavy atom. The first kappa shape index (κ1) is 12.4. The van der Waals surface area contributed by atoms with Crippen molar-refractivity contribution in [2.75, 3.05) is 19.0 Å². The highest BCUT2D eigenvalue weighted by atomic mass is 16.1. The van der Waals surface area contributed by atoms with Gasteiger partial charge in [0.05, 0.1) is 6.20 Å². The molecule has 0 unspecified atom stereocenters. The number of benzene rings is 1. The number of anilines is 1. The van der Waals surface area contributed by atoms with Crippen LogP contribution in [0.25, 0.3) is 0 Å². The number of nitrogens with zero attached hydrogens (tertiary/aromatic N) is 3. The third-order valence-corrected chi connectivity index (χ3v) is 2.81. The molecule has 0 radical (unpaired) electrons. The molecule has 0 fully saturated rings. The van der Waals surface area contributed by atoms with Gasteiger partial charge < -0.3 is 4.90 Å². The molecule has 0 aliphatic heterocycles. The SMILES string of the molecule is CN(C)c1cccc(C(=O)Cc2cnn(C)c2)c1. The van der Waals surface area contributed by atoms with Crippen molar-refractivity contribution < 1.29 is 4.79 Å². The molecule has 0 atom stereocenters. The lowest BCUT2D eigenvalue weighted by atomic mass is 10.0. The third-order valence-electron chi connectivity index (χ3n) is 2.81. The van der Waals surface area contributed by atoms with Crippen LogP contribution in [0, 0.1) is 0 Å². The number of rotatable bonds is 4. The molecule has 1 aromatic carbocycles. The molecule has 4 nitrogen and oxygen atoms in total. The van der Waals surface area contributed by atoms with Crippen molar-refractivity contribution in [3.63, 3.8) is 0 Å². The van der Waals surface area contributed by atoms with Gasteiger partial charge in [0, 0.05) is 45.0 Å². The van der Waals surface area contributed by atoms with Crippen molar-refractivity contribution in [1.29, 1.82) is 0 Å². The fourth-order valence-electron chi connectivity index (χ4n) is 1.81. The zero-order valence-corrected chi connectivity index (χ0v) is 10.9. The average Bonchev–Trinajstić information content (AvgIpc) is 2.75. The van der Waals surface area contributed by atoms with Gasteiger partial charge in [-0.05, 0) is 17.7 Å². The van der Waals surface area contributed by atoms with Gasteiger partial charge in [0.15, 0.2) is 5.78 Å². The van der Waals surface area contributed by atoms with E-state index in [4.69, 9.17) is 0 Å². The van der Waals surface area contributed by atoms with Crippen LogP contribution in [-0.2, 0) is 13.5 Å². The minimum Gasteiger partial charge on any atom is -0.378 e. The molecule has 0 amide bonds. The summed E-state index contributed by atoms with van der Waals surface area (Å²) in [6, 6.07) is 7.66. The molecule has 0 saturated heterocycles. The lowest BCUT2D eigenvalue weighted by molar-refractivity contribution is 0.0993. The van der Waals surface area contributed by atoms with Gasteiger partial charge in [0.25, 0.3) is 0 Å². The second-order valence-corrected chi connectivity index (χ2v) is 4.57. The Labute approximate surface area is 107 Å². The van der Waals surface area contributed by atoms with Crippen LogP contribution in [0.4, 0.5) is 5.69 Å². The van der Waals surface area contributed by atoms with E-state index in [-0.39, 0.29) is 5.78 Å².